The number of pyridine rings is 1. The first-order valence-electron chi connectivity index (χ1n) is 9.77. The minimum absolute atomic E-state index is 0.0696. The van der Waals surface area contributed by atoms with Crippen LogP contribution in [0.15, 0.2) is 36.5 Å². The Labute approximate surface area is 177 Å². The van der Waals surface area contributed by atoms with Gasteiger partial charge in [-0.15, -0.1) is 0 Å². The summed E-state index contributed by atoms with van der Waals surface area (Å²) in [7, 11) is 0. The summed E-state index contributed by atoms with van der Waals surface area (Å²) in [6.45, 7) is 3.13. The van der Waals surface area contributed by atoms with E-state index in [1.54, 1.807) is 17.0 Å². The van der Waals surface area contributed by atoms with E-state index in [-0.39, 0.29) is 13.1 Å². The Morgan fingerprint density at radius 3 is 2.58 bits per heavy atom. The zero-order chi connectivity index (χ0) is 22.4. The molecule has 31 heavy (non-hydrogen) atoms. The van der Waals surface area contributed by atoms with Gasteiger partial charge in [-0.3, -0.25) is 0 Å². The van der Waals surface area contributed by atoms with Crippen molar-refractivity contribution in [2.45, 2.75) is 25.4 Å². The van der Waals surface area contributed by atoms with Gasteiger partial charge in [0.15, 0.2) is 6.29 Å². The molecule has 1 aromatic heterocycles. The molecule has 166 valence electrons. The average Bonchev–Trinajstić information content (AvgIpc) is 3.29. The van der Waals surface area contributed by atoms with E-state index >= 15 is 0 Å². The van der Waals surface area contributed by atoms with Gasteiger partial charge in [0.25, 0.3) is 0 Å². The number of anilines is 1. The Morgan fingerprint density at radius 2 is 2.00 bits per heavy atom. The molecule has 0 spiro atoms. The van der Waals surface area contributed by atoms with Crippen LogP contribution in [0, 0.1) is 17.1 Å². The molecule has 1 aliphatic heterocycles. The molecule has 1 atom stereocenters. The van der Waals surface area contributed by atoms with Gasteiger partial charge in [0.05, 0.1) is 18.8 Å². The SMILES string of the molecule is CCN(CCNC(c1cc(C2OCCO2)ccc1F)C(F)(F)F)c1ccc(C#N)cn1. The third kappa shape index (κ3) is 5.70. The largest absolute Gasteiger partial charge is 0.408 e. The number of aromatic nitrogens is 1. The molecule has 6 nitrogen and oxygen atoms in total. The number of rotatable bonds is 8. The molecule has 1 aromatic carbocycles. The van der Waals surface area contributed by atoms with E-state index in [1.807, 2.05) is 13.0 Å². The van der Waals surface area contributed by atoms with E-state index in [1.165, 1.54) is 12.3 Å². The van der Waals surface area contributed by atoms with E-state index in [0.29, 0.717) is 36.7 Å². The second-order valence-electron chi connectivity index (χ2n) is 6.88. The van der Waals surface area contributed by atoms with Crippen molar-refractivity contribution in [3.8, 4) is 6.07 Å². The first-order chi connectivity index (χ1) is 14.8. The van der Waals surface area contributed by atoms with Gasteiger partial charge in [-0.05, 0) is 31.2 Å². The molecule has 1 N–H and O–H groups in total. The fourth-order valence-electron chi connectivity index (χ4n) is 3.30. The number of nitrogens with zero attached hydrogens (tertiary/aromatic N) is 3. The summed E-state index contributed by atoms with van der Waals surface area (Å²) >= 11 is 0. The molecule has 1 aliphatic rings. The molecule has 0 aliphatic carbocycles. The monoisotopic (exact) mass is 438 g/mol. The Balaban J connectivity index is 1.73. The van der Waals surface area contributed by atoms with Gasteiger partial charge in [0, 0.05) is 37.0 Å². The zero-order valence-corrected chi connectivity index (χ0v) is 16.8. The Hall–Kier alpha value is -2.74. The van der Waals surface area contributed by atoms with E-state index in [2.05, 4.69) is 10.3 Å². The summed E-state index contributed by atoms with van der Waals surface area (Å²) in [5.74, 6) is -0.423. The lowest BCUT2D eigenvalue weighted by Gasteiger charge is -2.26. The molecule has 0 radical (unpaired) electrons. The van der Waals surface area contributed by atoms with Gasteiger partial charge in [0.2, 0.25) is 0 Å². The van der Waals surface area contributed by atoms with Crippen molar-refractivity contribution in [2.75, 3.05) is 37.7 Å². The van der Waals surface area contributed by atoms with Crippen LogP contribution >= 0.6 is 0 Å². The highest BCUT2D eigenvalue weighted by atomic mass is 19.4. The molecular formula is C21H22F4N4O2. The predicted octanol–water partition coefficient (Wildman–Crippen LogP) is 3.86. The van der Waals surface area contributed by atoms with Gasteiger partial charge in [0.1, 0.15) is 23.7 Å². The van der Waals surface area contributed by atoms with Crippen molar-refractivity contribution in [2.24, 2.45) is 0 Å². The fourth-order valence-corrected chi connectivity index (χ4v) is 3.30. The molecule has 2 aromatic rings. The first kappa shape index (κ1) is 22.9. The molecule has 3 rings (SSSR count). The quantitative estimate of drug-likeness (QED) is 0.632. The van der Waals surface area contributed by atoms with Crippen molar-refractivity contribution in [1.82, 2.24) is 10.3 Å². The highest BCUT2D eigenvalue weighted by Crippen LogP contribution is 2.36. The molecule has 0 bridgehead atoms. The molecule has 2 heterocycles. The number of nitrogens with one attached hydrogen (secondary N) is 1. The molecule has 1 fully saturated rings. The second kappa shape index (κ2) is 10.0. The second-order valence-corrected chi connectivity index (χ2v) is 6.88. The lowest BCUT2D eigenvalue weighted by Crippen LogP contribution is -2.40. The van der Waals surface area contributed by atoms with Crippen LogP contribution in [-0.4, -0.2) is 44.0 Å². The summed E-state index contributed by atoms with van der Waals surface area (Å²) in [6.07, 6.45) is -4.11. The molecule has 10 heteroatoms. The third-order valence-electron chi connectivity index (χ3n) is 4.87. The number of nitriles is 1. The number of ether oxygens (including phenoxy) is 2. The number of benzene rings is 1. The van der Waals surface area contributed by atoms with E-state index in [9.17, 15) is 17.6 Å². The van der Waals surface area contributed by atoms with Crippen molar-refractivity contribution in [1.29, 1.82) is 5.26 Å². The van der Waals surface area contributed by atoms with E-state index < -0.39 is 29.9 Å². The summed E-state index contributed by atoms with van der Waals surface area (Å²) in [4.78, 5) is 5.92. The van der Waals surface area contributed by atoms with Crippen molar-refractivity contribution in [3.05, 3.63) is 59.0 Å². The molecule has 0 amide bonds. The number of halogens is 4. The van der Waals surface area contributed by atoms with Crippen molar-refractivity contribution >= 4 is 5.82 Å². The van der Waals surface area contributed by atoms with Gasteiger partial charge in [-0.1, -0.05) is 6.07 Å². The van der Waals surface area contributed by atoms with Gasteiger partial charge >= 0.3 is 6.18 Å². The minimum atomic E-state index is -4.71. The number of hydrogen-bond donors (Lipinski definition) is 1. The summed E-state index contributed by atoms with van der Waals surface area (Å²) in [5, 5.41) is 11.3. The van der Waals surface area contributed by atoms with Crippen LogP contribution in [0.2, 0.25) is 0 Å². The Morgan fingerprint density at radius 1 is 1.26 bits per heavy atom. The number of hydrogen-bond acceptors (Lipinski definition) is 6. The van der Waals surface area contributed by atoms with Crippen LogP contribution in [0.4, 0.5) is 23.4 Å². The lowest BCUT2D eigenvalue weighted by molar-refractivity contribution is -0.158. The van der Waals surface area contributed by atoms with Gasteiger partial charge < -0.3 is 19.7 Å². The topological polar surface area (TPSA) is 70.4 Å². The molecular weight excluding hydrogens is 416 g/mol. The van der Waals surface area contributed by atoms with E-state index in [4.69, 9.17) is 14.7 Å². The highest BCUT2D eigenvalue weighted by Gasteiger charge is 2.42. The maximum atomic E-state index is 14.4. The molecule has 1 unspecified atom stereocenters. The van der Waals surface area contributed by atoms with Crippen LogP contribution in [0.25, 0.3) is 0 Å². The maximum absolute atomic E-state index is 14.4. The predicted molar refractivity (Wildman–Crippen MR) is 105 cm³/mol. The van der Waals surface area contributed by atoms with Crippen LogP contribution < -0.4 is 10.2 Å². The zero-order valence-electron chi connectivity index (χ0n) is 16.8. The summed E-state index contributed by atoms with van der Waals surface area (Å²) < 4.78 is 66.3. The third-order valence-corrected chi connectivity index (χ3v) is 4.87. The first-order valence-corrected chi connectivity index (χ1v) is 9.77. The van der Waals surface area contributed by atoms with Gasteiger partial charge in [-0.25, -0.2) is 9.37 Å². The molecule has 0 saturated carbocycles. The summed E-state index contributed by atoms with van der Waals surface area (Å²) in [6, 6.07) is 6.48. The van der Waals surface area contributed by atoms with Crippen molar-refractivity contribution < 1.29 is 27.0 Å². The average molecular weight is 438 g/mol. The van der Waals surface area contributed by atoms with Crippen molar-refractivity contribution in [3.63, 3.8) is 0 Å². The number of alkyl halides is 3. The Bertz CT molecular complexity index is 909. The summed E-state index contributed by atoms with van der Waals surface area (Å²) in [5.41, 5.74) is 0.214. The van der Waals surface area contributed by atoms with Crippen LogP contribution in [0.1, 0.15) is 35.9 Å². The Kier molecular flexibility index (Phi) is 7.43. The lowest BCUT2D eigenvalue weighted by atomic mass is 10.0. The van der Waals surface area contributed by atoms with Crippen LogP contribution in [-0.2, 0) is 9.47 Å². The normalized spacial score (nSPS) is 15.6. The van der Waals surface area contributed by atoms with Crippen LogP contribution in [0.5, 0.6) is 0 Å². The fraction of sp³-hybridized carbons (Fsp3) is 0.429. The number of likely N-dealkylation sites (N-methyl/N-ethyl adjacent to an activating group) is 1. The van der Waals surface area contributed by atoms with Gasteiger partial charge in [-0.2, -0.15) is 18.4 Å². The smallest absolute Gasteiger partial charge is 0.356 e. The minimum Gasteiger partial charge on any atom is -0.356 e. The van der Waals surface area contributed by atoms with Crippen LogP contribution in [0.3, 0.4) is 0 Å². The molecule has 1 saturated heterocycles. The highest BCUT2D eigenvalue weighted by molar-refractivity contribution is 5.41. The maximum Gasteiger partial charge on any atom is 0.408 e. The standard InChI is InChI=1S/C21H22F4N4O2/c1-2-29(18-6-3-14(12-26)13-28-18)8-7-27-19(21(23,24)25)16-11-15(4-5-17(16)22)20-30-9-10-31-20/h3-6,11,13,19-20,27H,2,7-10H2,1H3. The van der Waals surface area contributed by atoms with E-state index in [0.717, 1.165) is 12.1 Å².